The van der Waals surface area contributed by atoms with Crippen molar-refractivity contribution in [3.05, 3.63) is 15.1 Å². The number of primary sulfonamides is 1. The van der Waals surface area contributed by atoms with Gasteiger partial charge >= 0.3 is 0 Å². The van der Waals surface area contributed by atoms with Crippen molar-refractivity contribution in [1.29, 1.82) is 0 Å². The minimum absolute atomic E-state index is 0.00899. The maximum Gasteiger partial charge on any atom is 0.277 e. The van der Waals surface area contributed by atoms with Crippen LogP contribution in [-0.2, 0) is 14.8 Å². The van der Waals surface area contributed by atoms with Gasteiger partial charge in [0, 0.05) is 18.9 Å². The molecule has 1 amide bonds. The molecule has 0 aliphatic carbocycles. The number of nitrogens with zero attached hydrogens (tertiary/aromatic N) is 1. The summed E-state index contributed by atoms with van der Waals surface area (Å²) in [5, 5.41) is 4.95. The van der Waals surface area contributed by atoms with Gasteiger partial charge in [-0.1, -0.05) is 0 Å². The van der Waals surface area contributed by atoms with Gasteiger partial charge in [0.2, 0.25) is 15.9 Å². The number of nitrogen functional groups attached to an aromatic ring is 1. The molecule has 0 saturated carbocycles. The summed E-state index contributed by atoms with van der Waals surface area (Å²) >= 11 is 4.76. The number of nitrogens with one attached hydrogen (secondary N) is 2. The lowest BCUT2D eigenvalue weighted by atomic mass is 10.1. The largest absolute Gasteiger partial charge is 0.383 e. The van der Waals surface area contributed by atoms with Gasteiger partial charge in [0.1, 0.15) is 5.82 Å². The number of aromatic nitrogens is 2. The van der Waals surface area contributed by atoms with Crippen molar-refractivity contribution in [1.82, 2.24) is 9.97 Å². The fourth-order valence-electron chi connectivity index (χ4n) is 2.20. The summed E-state index contributed by atoms with van der Waals surface area (Å²) in [6.07, 6.45) is -0.00899. The van der Waals surface area contributed by atoms with E-state index in [9.17, 15) is 18.0 Å². The molecule has 11 heteroatoms. The topological polar surface area (TPSA) is 155 Å². The van der Waals surface area contributed by atoms with E-state index < -0.39 is 21.5 Å². The summed E-state index contributed by atoms with van der Waals surface area (Å²) in [6, 6.07) is 0. The van der Waals surface area contributed by atoms with Crippen LogP contribution < -0.4 is 21.3 Å². The molecule has 1 aliphatic rings. The highest BCUT2D eigenvalue weighted by molar-refractivity contribution is 7.89. The molecule has 1 saturated heterocycles. The van der Waals surface area contributed by atoms with Gasteiger partial charge in [0.05, 0.1) is 5.75 Å². The quantitative estimate of drug-likeness (QED) is 0.505. The van der Waals surface area contributed by atoms with Crippen LogP contribution in [0.4, 0.5) is 11.5 Å². The average Bonchev–Trinajstić information content (AvgIpc) is 2.55. The second kappa shape index (κ2) is 5.00. The van der Waals surface area contributed by atoms with E-state index in [-0.39, 0.29) is 40.9 Å². The Kier molecular flexibility index (Phi) is 3.67. The predicted octanol–water partition coefficient (Wildman–Crippen LogP) is -1.34. The number of hydrogen-bond donors (Lipinski definition) is 4. The van der Waals surface area contributed by atoms with Crippen LogP contribution in [0.3, 0.4) is 0 Å². The number of anilines is 2. The van der Waals surface area contributed by atoms with Crippen molar-refractivity contribution < 1.29 is 13.2 Å². The molecule has 1 fully saturated rings. The molecule has 0 spiro atoms. The molecular weight excluding hydrogens is 306 g/mol. The standard InChI is InChI=1S/C9H13N5O4S2/c10-7-6(8(16)13-9(19)12-7)14-2-4(1-5(14)15)3-20(11,17)18/h4H,1-3H2,(H2,11,17,18)(H4,10,12,13,16,19). The SMILES string of the molecule is Nc1[nH]c(=S)[nH]c(=O)c1N1CC(CS(N)(=O)=O)CC1=O. The Morgan fingerprint density at radius 3 is 2.55 bits per heavy atom. The molecule has 1 aromatic heterocycles. The first-order valence-electron chi connectivity index (χ1n) is 5.60. The van der Waals surface area contributed by atoms with Crippen LogP contribution in [0.2, 0.25) is 0 Å². The second-order valence-electron chi connectivity index (χ2n) is 4.57. The van der Waals surface area contributed by atoms with E-state index in [2.05, 4.69) is 9.97 Å². The number of sulfonamides is 1. The molecule has 0 aromatic carbocycles. The summed E-state index contributed by atoms with van der Waals surface area (Å²) in [5.41, 5.74) is 5.00. The molecular formula is C9H13N5O4S2. The Morgan fingerprint density at radius 2 is 2.00 bits per heavy atom. The first kappa shape index (κ1) is 14.7. The molecule has 110 valence electrons. The van der Waals surface area contributed by atoms with E-state index in [1.807, 2.05) is 0 Å². The van der Waals surface area contributed by atoms with Crippen molar-refractivity contribution in [3.8, 4) is 0 Å². The van der Waals surface area contributed by atoms with Gasteiger partial charge in [-0.2, -0.15) is 0 Å². The monoisotopic (exact) mass is 319 g/mol. The van der Waals surface area contributed by atoms with E-state index in [4.69, 9.17) is 23.1 Å². The average molecular weight is 319 g/mol. The van der Waals surface area contributed by atoms with E-state index >= 15 is 0 Å². The fraction of sp³-hybridized carbons (Fsp3) is 0.444. The second-order valence-corrected chi connectivity index (χ2v) is 6.64. The molecule has 0 radical (unpaired) electrons. The zero-order valence-electron chi connectivity index (χ0n) is 10.3. The number of carbonyl (C=O) groups is 1. The van der Waals surface area contributed by atoms with Crippen LogP contribution >= 0.6 is 12.2 Å². The Balaban J connectivity index is 2.34. The van der Waals surface area contributed by atoms with Crippen LogP contribution in [0, 0.1) is 10.7 Å². The molecule has 9 nitrogen and oxygen atoms in total. The molecule has 0 bridgehead atoms. The Hall–Kier alpha value is -1.72. The first-order valence-corrected chi connectivity index (χ1v) is 7.72. The lowest BCUT2D eigenvalue weighted by molar-refractivity contribution is -0.117. The maximum atomic E-state index is 11.9. The molecule has 1 atom stereocenters. The number of H-pyrrole nitrogens is 2. The van der Waals surface area contributed by atoms with Gasteiger partial charge < -0.3 is 15.6 Å². The number of amides is 1. The Labute approximate surface area is 119 Å². The summed E-state index contributed by atoms with van der Waals surface area (Å²) < 4.78 is 22.1. The molecule has 20 heavy (non-hydrogen) atoms. The summed E-state index contributed by atoms with van der Waals surface area (Å²) in [6.45, 7) is 0.0627. The fourth-order valence-corrected chi connectivity index (χ4v) is 3.29. The molecule has 2 heterocycles. The van der Waals surface area contributed by atoms with Crippen LogP contribution in [0.1, 0.15) is 6.42 Å². The van der Waals surface area contributed by atoms with Crippen molar-refractivity contribution in [3.63, 3.8) is 0 Å². The van der Waals surface area contributed by atoms with E-state index in [1.54, 1.807) is 0 Å². The normalized spacial score (nSPS) is 19.6. The van der Waals surface area contributed by atoms with Crippen molar-refractivity contribution >= 4 is 39.7 Å². The van der Waals surface area contributed by atoms with Gasteiger partial charge in [-0.05, 0) is 12.2 Å². The summed E-state index contributed by atoms with van der Waals surface area (Å²) in [7, 11) is -3.68. The molecule has 6 N–H and O–H groups in total. The lowest BCUT2D eigenvalue weighted by Gasteiger charge is -2.17. The van der Waals surface area contributed by atoms with Crippen molar-refractivity contribution in [2.75, 3.05) is 22.9 Å². The van der Waals surface area contributed by atoms with E-state index in [1.165, 1.54) is 0 Å². The van der Waals surface area contributed by atoms with Crippen LogP contribution in [0.25, 0.3) is 0 Å². The van der Waals surface area contributed by atoms with Gasteiger partial charge in [0.15, 0.2) is 10.5 Å². The number of rotatable bonds is 3. The third-order valence-corrected chi connectivity index (χ3v) is 4.03. The van der Waals surface area contributed by atoms with Crippen LogP contribution in [-0.4, -0.2) is 36.6 Å². The van der Waals surface area contributed by atoms with E-state index in [0.717, 1.165) is 4.90 Å². The van der Waals surface area contributed by atoms with Crippen molar-refractivity contribution in [2.24, 2.45) is 11.1 Å². The van der Waals surface area contributed by atoms with Gasteiger partial charge in [-0.25, -0.2) is 13.6 Å². The number of nitrogens with two attached hydrogens (primary N) is 2. The number of aromatic amines is 2. The lowest BCUT2D eigenvalue weighted by Crippen LogP contribution is -2.33. The third-order valence-electron chi connectivity index (χ3n) is 2.89. The highest BCUT2D eigenvalue weighted by Gasteiger charge is 2.35. The summed E-state index contributed by atoms with van der Waals surface area (Å²) in [4.78, 5) is 29.7. The zero-order valence-corrected chi connectivity index (χ0v) is 11.9. The molecule has 1 aliphatic heterocycles. The molecule has 2 rings (SSSR count). The van der Waals surface area contributed by atoms with Gasteiger partial charge in [-0.15, -0.1) is 0 Å². The third kappa shape index (κ3) is 3.05. The molecule has 1 aromatic rings. The smallest absolute Gasteiger partial charge is 0.277 e. The Morgan fingerprint density at radius 1 is 1.35 bits per heavy atom. The summed E-state index contributed by atoms with van der Waals surface area (Å²) in [5.74, 6) is -1.22. The highest BCUT2D eigenvalue weighted by atomic mass is 32.2. The van der Waals surface area contributed by atoms with Gasteiger partial charge in [0.25, 0.3) is 5.56 Å². The number of carbonyl (C=O) groups excluding carboxylic acids is 1. The predicted molar refractivity (Wildman–Crippen MR) is 75.1 cm³/mol. The minimum atomic E-state index is -3.68. The van der Waals surface area contributed by atoms with Crippen molar-refractivity contribution in [2.45, 2.75) is 6.42 Å². The van der Waals surface area contributed by atoms with Crippen LogP contribution in [0.15, 0.2) is 4.79 Å². The van der Waals surface area contributed by atoms with Gasteiger partial charge in [-0.3, -0.25) is 14.6 Å². The molecule has 1 unspecified atom stereocenters. The van der Waals surface area contributed by atoms with Crippen LogP contribution in [0.5, 0.6) is 0 Å². The number of hydrogen-bond acceptors (Lipinski definition) is 6. The minimum Gasteiger partial charge on any atom is -0.383 e. The Bertz CT molecular complexity index is 765. The zero-order chi connectivity index (χ0) is 15.1. The first-order chi connectivity index (χ1) is 9.17. The highest BCUT2D eigenvalue weighted by Crippen LogP contribution is 2.25. The maximum absolute atomic E-state index is 11.9. The van der Waals surface area contributed by atoms with E-state index in [0.29, 0.717) is 0 Å².